The van der Waals surface area contributed by atoms with Gasteiger partial charge in [0.05, 0.1) is 0 Å². The lowest BCUT2D eigenvalue weighted by molar-refractivity contribution is 0.467. The average Bonchev–Trinajstić information content (AvgIpc) is 2.92. The number of phenols is 1. The molecule has 0 fully saturated rings. The van der Waals surface area contributed by atoms with Gasteiger partial charge in [-0.05, 0) is 71.9 Å². The molecule has 1 aliphatic rings. The van der Waals surface area contributed by atoms with Crippen LogP contribution in [0.3, 0.4) is 0 Å². The van der Waals surface area contributed by atoms with Gasteiger partial charge in [-0.3, -0.25) is 0 Å². The Hall–Kier alpha value is -3.61. The topological polar surface area (TPSA) is 23.5 Å². The molecule has 2 nitrogen and oxygen atoms in total. The molecule has 0 saturated heterocycles. The van der Waals surface area contributed by atoms with Gasteiger partial charge >= 0.3 is 0 Å². The highest BCUT2D eigenvalue weighted by Gasteiger charge is 2.17. The maximum Gasteiger partial charge on any atom is 0.126 e. The van der Waals surface area contributed by atoms with Crippen molar-refractivity contribution in [1.29, 1.82) is 0 Å². The lowest BCUT2D eigenvalue weighted by Gasteiger charge is -2.27. The number of benzene rings is 4. The van der Waals surface area contributed by atoms with Crippen LogP contribution in [0, 0.1) is 12.8 Å². The molecule has 4 aromatic rings. The smallest absolute Gasteiger partial charge is 0.126 e. The number of aryl methyl sites for hydroxylation is 1. The monoisotopic (exact) mass is 489 g/mol. The molecule has 5 rings (SSSR count). The molecule has 0 saturated carbocycles. The molecule has 0 aliphatic heterocycles. The Balaban J connectivity index is 1.46. The average molecular weight is 490 g/mol. The number of para-hydroxylation sites is 3. The van der Waals surface area contributed by atoms with Gasteiger partial charge in [0.15, 0.2) is 0 Å². The molecular weight excluding hydrogens is 457 g/mol. The molecule has 2 atom stereocenters. The minimum absolute atomic E-state index is 0.388. The fraction of sp³-hybridized carbons (Fsp3) is 0.152. The van der Waals surface area contributed by atoms with Crippen LogP contribution in [-0.2, 0) is 13.0 Å². The van der Waals surface area contributed by atoms with Gasteiger partial charge in [-0.1, -0.05) is 106 Å². The van der Waals surface area contributed by atoms with Crippen molar-refractivity contribution < 1.29 is 5.11 Å². The Morgan fingerprint density at radius 3 is 2.11 bits per heavy atom. The molecule has 0 bridgehead atoms. The summed E-state index contributed by atoms with van der Waals surface area (Å²) in [7, 11) is 0.388. The first-order valence-corrected chi connectivity index (χ1v) is 13.6. The number of nitrogens with zero attached hydrogens (tertiary/aromatic N) is 1. The Labute approximate surface area is 216 Å². The predicted molar refractivity (Wildman–Crippen MR) is 156 cm³/mol. The van der Waals surface area contributed by atoms with Crippen LogP contribution >= 0.6 is 8.58 Å². The van der Waals surface area contributed by atoms with E-state index in [1.807, 2.05) is 0 Å². The molecule has 2 unspecified atom stereocenters. The molecule has 0 amide bonds. The molecule has 4 aromatic carbocycles. The van der Waals surface area contributed by atoms with Crippen molar-refractivity contribution in [3.8, 4) is 5.75 Å². The number of anilines is 2. The van der Waals surface area contributed by atoms with Gasteiger partial charge in [0.25, 0.3) is 0 Å². The highest BCUT2D eigenvalue weighted by Crippen LogP contribution is 2.31. The molecule has 0 spiro atoms. The number of hydrogen-bond donors (Lipinski definition) is 1. The first kappa shape index (κ1) is 24.1. The van der Waals surface area contributed by atoms with Crippen LogP contribution in [0.2, 0.25) is 0 Å². The Morgan fingerprint density at radius 1 is 0.778 bits per heavy atom. The number of hydrogen-bond acceptors (Lipinski definition) is 2. The van der Waals surface area contributed by atoms with E-state index in [4.69, 9.17) is 0 Å². The van der Waals surface area contributed by atoms with E-state index in [2.05, 4.69) is 133 Å². The highest BCUT2D eigenvalue weighted by atomic mass is 31.1. The first-order valence-electron chi connectivity index (χ1n) is 12.6. The van der Waals surface area contributed by atoms with Crippen molar-refractivity contribution in [3.63, 3.8) is 0 Å². The van der Waals surface area contributed by atoms with Crippen molar-refractivity contribution in [2.75, 3.05) is 4.90 Å². The van der Waals surface area contributed by atoms with Gasteiger partial charge in [0.1, 0.15) is 5.75 Å². The summed E-state index contributed by atoms with van der Waals surface area (Å²) in [5, 5.41) is 13.6. The quantitative estimate of drug-likeness (QED) is 0.262. The first-order chi connectivity index (χ1) is 17.7. The third kappa shape index (κ3) is 5.61. The van der Waals surface area contributed by atoms with E-state index in [0.29, 0.717) is 20.2 Å². The summed E-state index contributed by atoms with van der Waals surface area (Å²) in [5.41, 5.74) is 5.91. The summed E-state index contributed by atoms with van der Waals surface area (Å²) in [4.78, 5) is 2.36. The molecule has 3 heteroatoms. The fourth-order valence-electron chi connectivity index (χ4n) is 4.81. The number of aromatic hydroxyl groups is 1. The SMILES string of the molecule is Cc1cccc(CN(c2ccccc2)c2ccccc2)c1Pc1cccc(CC2C=CC=CC2)c1O. The van der Waals surface area contributed by atoms with Crippen LogP contribution in [-0.4, -0.2) is 5.11 Å². The summed E-state index contributed by atoms with van der Waals surface area (Å²) >= 11 is 0. The normalized spacial score (nSPS) is 15.0. The highest BCUT2D eigenvalue weighted by molar-refractivity contribution is 7.56. The van der Waals surface area contributed by atoms with Crippen LogP contribution in [0.1, 0.15) is 23.1 Å². The zero-order valence-electron chi connectivity index (χ0n) is 20.6. The summed E-state index contributed by atoms with van der Waals surface area (Å²) in [6.45, 7) is 2.94. The largest absolute Gasteiger partial charge is 0.507 e. The molecule has 0 heterocycles. The zero-order chi connectivity index (χ0) is 24.7. The van der Waals surface area contributed by atoms with Crippen LogP contribution in [0.5, 0.6) is 5.75 Å². The Kier molecular flexibility index (Phi) is 7.64. The van der Waals surface area contributed by atoms with Crippen molar-refractivity contribution in [2.45, 2.75) is 26.3 Å². The number of rotatable bonds is 8. The van der Waals surface area contributed by atoms with Gasteiger partial charge in [-0.2, -0.15) is 0 Å². The van der Waals surface area contributed by atoms with Crippen molar-refractivity contribution in [2.24, 2.45) is 5.92 Å². The van der Waals surface area contributed by atoms with Crippen LogP contribution in [0.4, 0.5) is 11.4 Å². The van der Waals surface area contributed by atoms with E-state index >= 15 is 0 Å². The van der Waals surface area contributed by atoms with Gasteiger partial charge in [-0.25, -0.2) is 0 Å². The van der Waals surface area contributed by atoms with E-state index in [-0.39, 0.29) is 0 Å². The van der Waals surface area contributed by atoms with Gasteiger partial charge in [0, 0.05) is 23.2 Å². The van der Waals surface area contributed by atoms with E-state index in [9.17, 15) is 5.11 Å². The van der Waals surface area contributed by atoms with Gasteiger partial charge in [0.2, 0.25) is 0 Å². The standard InChI is InChI=1S/C33H32NOP/c1-25-13-11-17-28(24-34(29-18-7-3-8-19-29)30-20-9-4-10-21-30)33(25)36-31-22-12-16-27(32(31)35)23-26-14-5-2-6-15-26/h2-14,16-22,26,35-36H,15,23-24H2,1H3. The van der Waals surface area contributed by atoms with E-state index in [0.717, 1.165) is 30.3 Å². The second-order valence-corrected chi connectivity index (χ2v) is 10.6. The van der Waals surface area contributed by atoms with Gasteiger partial charge in [-0.15, -0.1) is 0 Å². The van der Waals surface area contributed by atoms with Crippen LogP contribution in [0.15, 0.2) is 121 Å². The van der Waals surface area contributed by atoms with Gasteiger partial charge < -0.3 is 10.0 Å². The maximum atomic E-state index is 11.3. The second kappa shape index (κ2) is 11.4. The van der Waals surface area contributed by atoms with Crippen molar-refractivity contribution >= 4 is 30.6 Å². The zero-order valence-corrected chi connectivity index (χ0v) is 21.6. The molecule has 0 aromatic heterocycles. The summed E-state index contributed by atoms with van der Waals surface area (Å²) in [5.74, 6) is 0.898. The summed E-state index contributed by atoms with van der Waals surface area (Å²) < 4.78 is 0. The molecule has 1 aliphatic carbocycles. The van der Waals surface area contributed by atoms with E-state index < -0.39 is 0 Å². The van der Waals surface area contributed by atoms with E-state index in [1.54, 1.807) is 0 Å². The summed E-state index contributed by atoms with van der Waals surface area (Å²) in [6, 6.07) is 33.9. The van der Waals surface area contributed by atoms with Crippen LogP contribution in [0.25, 0.3) is 0 Å². The Bertz CT molecular complexity index is 1320. The number of allylic oxidation sites excluding steroid dienone is 4. The number of phenolic OH excluding ortho intramolecular Hbond substituents is 1. The maximum absolute atomic E-state index is 11.3. The minimum Gasteiger partial charge on any atom is -0.507 e. The molecule has 1 N–H and O–H groups in total. The Morgan fingerprint density at radius 2 is 1.44 bits per heavy atom. The predicted octanol–water partition coefficient (Wildman–Crippen LogP) is 7.34. The molecular formula is C33H32NOP. The molecule has 0 radical (unpaired) electrons. The van der Waals surface area contributed by atoms with Crippen LogP contribution < -0.4 is 15.5 Å². The van der Waals surface area contributed by atoms with Crippen molar-refractivity contribution in [1.82, 2.24) is 0 Å². The third-order valence-corrected chi connectivity index (χ3v) is 8.39. The fourth-order valence-corrected chi connectivity index (χ4v) is 6.15. The lowest BCUT2D eigenvalue weighted by atomic mass is 9.93. The molecule has 180 valence electrons. The van der Waals surface area contributed by atoms with E-state index in [1.165, 1.54) is 27.8 Å². The van der Waals surface area contributed by atoms with Crippen molar-refractivity contribution in [3.05, 3.63) is 138 Å². The summed E-state index contributed by atoms with van der Waals surface area (Å²) in [6.07, 6.45) is 10.6. The third-order valence-electron chi connectivity index (χ3n) is 6.75. The molecule has 36 heavy (non-hydrogen) atoms. The minimum atomic E-state index is 0.388. The second-order valence-electron chi connectivity index (χ2n) is 9.32. The lowest BCUT2D eigenvalue weighted by Crippen LogP contribution is -2.22.